The Balaban J connectivity index is 1.53. The fourth-order valence-corrected chi connectivity index (χ4v) is 3.63. The van der Waals surface area contributed by atoms with Crippen molar-refractivity contribution >= 4 is 23.4 Å². The van der Waals surface area contributed by atoms with Gasteiger partial charge in [-0.25, -0.2) is 4.79 Å². The topological polar surface area (TPSA) is 105 Å². The average molecular weight is 463 g/mol. The number of benzene rings is 2. The zero-order valence-electron chi connectivity index (χ0n) is 19.2. The van der Waals surface area contributed by atoms with Crippen molar-refractivity contribution in [2.75, 3.05) is 19.5 Å². The molecule has 1 aliphatic rings. The van der Waals surface area contributed by atoms with E-state index < -0.39 is 12.2 Å². The molecule has 0 saturated heterocycles. The van der Waals surface area contributed by atoms with Gasteiger partial charge in [0.05, 0.1) is 20.8 Å². The molecule has 1 atom stereocenters. The summed E-state index contributed by atoms with van der Waals surface area (Å²) in [5.41, 5.74) is 3.37. The molecule has 9 heteroatoms. The normalized spacial score (nSPS) is 15.4. The lowest BCUT2D eigenvalue weighted by Gasteiger charge is -2.29. The van der Waals surface area contributed by atoms with Crippen molar-refractivity contribution in [1.29, 1.82) is 0 Å². The Morgan fingerprint density at radius 2 is 1.88 bits per heavy atom. The first-order valence-corrected chi connectivity index (χ1v) is 10.8. The molecule has 9 nitrogen and oxygen atoms in total. The lowest BCUT2D eigenvalue weighted by Crippen LogP contribution is -2.41. The van der Waals surface area contributed by atoms with Gasteiger partial charge in [0.25, 0.3) is 5.91 Å². The molecule has 2 N–H and O–H groups in total. The third-order valence-electron chi connectivity index (χ3n) is 5.42. The van der Waals surface area contributed by atoms with Gasteiger partial charge in [-0.3, -0.25) is 4.79 Å². The summed E-state index contributed by atoms with van der Waals surface area (Å²) in [5, 5.41) is 8.74. The lowest BCUT2D eigenvalue weighted by molar-refractivity contribution is 0.0712. The summed E-state index contributed by atoms with van der Waals surface area (Å²) in [6, 6.07) is 16.1. The van der Waals surface area contributed by atoms with Gasteiger partial charge in [-0.05, 0) is 54.4 Å². The van der Waals surface area contributed by atoms with Gasteiger partial charge in [-0.15, -0.1) is 0 Å². The molecule has 0 aliphatic carbocycles. The number of ether oxygens (including phenoxy) is 3. The first-order chi connectivity index (χ1) is 16.5. The van der Waals surface area contributed by atoms with Crippen molar-refractivity contribution in [3.8, 4) is 11.5 Å². The second kappa shape index (κ2) is 10.1. The highest BCUT2D eigenvalue weighted by atomic mass is 16.6. The van der Waals surface area contributed by atoms with Crippen LogP contribution in [0.4, 0.5) is 10.5 Å². The molecule has 176 valence electrons. The van der Waals surface area contributed by atoms with Gasteiger partial charge in [0.1, 0.15) is 17.5 Å². The van der Waals surface area contributed by atoms with Crippen LogP contribution in [0.5, 0.6) is 11.5 Å². The van der Waals surface area contributed by atoms with Crippen LogP contribution in [-0.4, -0.2) is 48.0 Å². The molecule has 0 saturated carbocycles. The molecule has 0 spiro atoms. The van der Waals surface area contributed by atoms with E-state index in [1.165, 1.54) is 5.01 Å². The molecule has 34 heavy (non-hydrogen) atoms. The maximum atomic E-state index is 12.6. The maximum absolute atomic E-state index is 12.6. The maximum Gasteiger partial charge on any atom is 0.431 e. The van der Waals surface area contributed by atoms with Crippen LogP contribution in [0.1, 0.15) is 35.0 Å². The minimum absolute atomic E-state index is 0.219. The van der Waals surface area contributed by atoms with E-state index >= 15 is 0 Å². The molecule has 2 heterocycles. The van der Waals surface area contributed by atoms with Crippen LogP contribution in [0.2, 0.25) is 0 Å². The molecule has 0 radical (unpaired) electrons. The lowest BCUT2D eigenvalue weighted by atomic mass is 10.0. The molecule has 1 aliphatic heterocycles. The van der Waals surface area contributed by atoms with Crippen LogP contribution in [0.25, 0.3) is 0 Å². The molecular formula is C25H26N4O5. The molecule has 2 amide bonds. The molecule has 4 rings (SSSR count). The molecular weight excluding hydrogens is 436 g/mol. The first kappa shape index (κ1) is 22.9. The summed E-state index contributed by atoms with van der Waals surface area (Å²) in [6.07, 6.45) is 1.30. The zero-order valence-corrected chi connectivity index (χ0v) is 19.2. The van der Waals surface area contributed by atoms with E-state index in [-0.39, 0.29) is 12.5 Å². The summed E-state index contributed by atoms with van der Waals surface area (Å²) >= 11 is 0. The van der Waals surface area contributed by atoms with E-state index in [2.05, 4.69) is 15.4 Å². The number of hydrogen-bond acceptors (Lipinski definition) is 6. The minimum atomic E-state index is -0.514. The van der Waals surface area contributed by atoms with Gasteiger partial charge in [0.15, 0.2) is 11.5 Å². The number of hydrazone groups is 1. The number of hydrogen-bond donors (Lipinski definition) is 2. The van der Waals surface area contributed by atoms with Crippen LogP contribution >= 0.6 is 0 Å². The Bertz CT molecular complexity index is 1190. The molecule has 1 aromatic heterocycles. The van der Waals surface area contributed by atoms with Crippen molar-refractivity contribution in [1.82, 2.24) is 9.99 Å². The van der Waals surface area contributed by atoms with Gasteiger partial charge in [0.2, 0.25) is 0 Å². The van der Waals surface area contributed by atoms with Crippen LogP contribution in [0, 0.1) is 0 Å². The Morgan fingerprint density at radius 3 is 2.53 bits per heavy atom. The van der Waals surface area contributed by atoms with Gasteiger partial charge < -0.3 is 24.5 Å². The van der Waals surface area contributed by atoms with Crippen LogP contribution in [-0.2, 0) is 11.3 Å². The fourth-order valence-electron chi connectivity index (χ4n) is 3.63. The number of nitrogens with zero attached hydrogens (tertiary/aromatic N) is 2. The number of cyclic esters (lactones) is 1. The van der Waals surface area contributed by atoms with Crippen molar-refractivity contribution in [3.63, 3.8) is 0 Å². The quantitative estimate of drug-likeness (QED) is 0.516. The molecule has 2 aromatic carbocycles. The summed E-state index contributed by atoms with van der Waals surface area (Å²) in [4.78, 5) is 27.7. The van der Waals surface area contributed by atoms with E-state index in [4.69, 9.17) is 14.2 Å². The highest BCUT2D eigenvalue weighted by Gasteiger charge is 2.31. The van der Waals surface area contributed by atoms with E-state index in [0.717, 1.165) is 11.1 Å². The number of amides is 2. The molecule has 0 fully saturated rings. The second-order valence-electron chi connectivity index (χ2n) is 7.63. The van der Waals surface area contributed by atoms with Crippen LogP contribution in [0.3, 0.4) is 0 Å². The van der Waals surface area contributed by atoms with E-state index in [1.807, 2.05) is 31.2 Å². The van der Waals surface area contributed by atoms with Crippen molar-refractivity contribution < 1.29 is 23.8 Å². The number of aromatic nitrogens is 1. The average Bonchev–Trinajstić information content (AvgIpc) is 3.41. The van der Waals surface area contributed by atoms with Gasteiger partial charge in [-0.1, -0.05) is 19.1 Å². The van der Waals surface area contributed by atoms with Gasteiger partial charge in [0, 0.05) is 17.4 Å². The van der Waals surface area contributed by atoms with Gasteiger partial charge in [-0.2, -0.15) is 10.1 Å². The van der Waals surface area contributed by atoms with Gasteiger partial charge >= 0.3 is 6.09 Å². The predicted octanol–water partition coefficient (Wildman–Crippen LogP) is 4.42. The standard InChI is InChI=1S/C25H26N4O5/c1-4-20-23(17-9-12-21(32-2)22(14-17)33-3)28-29(25(31)34-20)15-16-7-10-18(11-8-16)27-24(30)19-6-5-13-26-19/h5-14,20,26H,4,15H2,1-3H3,(H,27,30). The monoisotopic (exact) mass is 462 g/mol. The number of rotatable bonds is 8. The van der Waals surface area contributed by atoms with Crippen LogP contribution < -0.4 is 14.8 Å². The smallest absolute Gasteiger partial charge is 0.431 e. The van der Waals surface area contributed by atoms with Crippen LogP contribution in [0.15, 0.2) is 65.9 Å². The van der Waals surface area contributed by atoms with E-state index in [1.54, 1.807) is 50.7 Å². The summed E-state index contributed by atoms with van der Waals surface area (Å²) < 4.78 is 16.4. The van der Waals surface area contributed by atoms with Crippen molar-refractivity contribution in [2.45, 2.75) is 26.0 Å². The zero-order chi connectivity index (χ0) is 24.1. The third-order valence-corrected chi connectivity index (χ3v) is 5.42. The molecule has 3 aromatic rings. The number of carbonyl (C=O) groups excluding carboxylic acids is 2. The third kappa shape index (κ3) is 4.88. The fraction of sp³-hybridized carbons (Fsp3) is 0.240. The highest BCUT2D eigenvalue weighted by Crippen LogP contribution is 2.30. The largest absolute Gasteiger partial charge is 0.493 e. The number of H-pyrrole nitrogens is 1. The van der Waals surface area contributed by atoms with E-state index in [0.29, 0.717) is 35.0 Å². The number of anilines is 1. The summed E-state index contributed by atoms with van der Waals surface area (Å²) in [5.74, 6) is 0.943. The molecule has 1 unspecified atom stereocenters. The number of methoxy groups -OCH3 is 2. The Hall–Kier alpha value is -4.27. The number of carbonyl (C=O) groups is 2. The van der Waals surface area contributed by atoms with Crippen molar-refractivity contribution in [2.24, 2.45) is 5.10 Å². The van der Waals surface area contributed by atoms with Crippen molar-refractivity contribution in [3.05, 3.63) is 77.6 Å². The summed E-state index contributed by atoms with van der Waals surface area (Å²) in [6.45, 7) is 2.15. The Kier molecular flexibility index (Phi) is 6.82. The first-order valence-electron chi connectivity index (χ1n) is 10.8. The molecule has 0 bridgehead atoms. The Morgan fingerprint density at radius 1 is 1.12 bits per heavy atom. The number of nitrogens with one attached hydrogen (secondary N) is 2. The number of aromatic amines is 1. The predicted molar refractivity (Wildman–Crippen MR) is 127 cm³/mol. The Labute approximate surface area is 197 Å². The second-order valence-corrected chi connectivity index (χ2v) is 7.63. The highest BCUT2D eigenvalue weighted by molar-refractivity contribution is 6.06. The van der Waals surface area contributed by atoms with E-state index in [9.17, 15) is 9.59 Å². The SMILES string of the molecule is CCC1OC(=O)N(Cc2ccc(NC(=O)c3ccc[nH]3)cc2)N=C1c1ccc(OC)c(OC)c1. The minimum Gasteiger partial charge on any atom is -0.493 e. The summed E-state index contributed by atoms with van der Waals surface area (Å²) in [7, 11) is 3.14.